The van der Waals surface area contributed by atoms with Crippen LogP contribution < -0.4 is 14.2 Å². The van der Waals surface area contributed by atoms with E-state index in [9.17, 15) is 9.90 Å². The maximum absolute atomic E-state index is 11.8. The summed E-state index contributed by atoms with van der Waals surface area (Å²) in [6.45, 7) is 10.5. The van der Waals surface area contributed by atoms with Crippen molar-refractivity contribution in [1.82, 2.24) is 4.98 Å². The second kappa shape index (κ2) is 10.6. The van der Waals surface area contributed by atoms with Crippen molar-refractivity contribution in [3.63, 3.8) is 0 Å². The summed E-state index contributed by atoms with van der Waals surface area (Å²) in [5, 5.41) is 9.69. The third-order valence-electron chi connectivity index (χ3n) is 5.93. The Bertz CT molecular complexity index is 1140. The fraction of sp³-hybridized carbons (Fsp3) is 0.357. The van der Waals surface area contributed by atoms with Crippen molar-refractivity contribution in [3.8, 4) is 28.5 Å². The van der Waals surface area contributed by atoms with Gasteiger partial charge in [-0.2, -0.15) is 0 Å². The fourth-order valence-corrected chi connectivity index (χ4v) is 3.51. The van der Waals surface area contributed by atoms with Crippen LogP contribution in [0.25, 0.3) is 11.3 Å². The summed E-state index contributed by atoms with van der Waals surface area (Å²) in [5.74, 6) is 0.905. The van der Waals surface area contributed by atoms with E-state index in [-0.39, 0.29) is 23.7 Å². The molecule has 0 bridgehead atoms. The first kappa shape index (κ1) is 25.1. The van der Waals surface area contributed by atoms with Crippen LogP contribution in [0, 0.1) is 0 Å². The number of carbonyl (C=O) groups is 1. The third-order valence-corrected chi connectivity index (χ3v) is 5.93. The second-order valence-corrected chi connectivity index (χ2v) is 9.08. The zero-order chi connectivity index (χ0) is 24.9. The van der Waals surface area contributed by atoms with Crippen LogP contribution in [0.15, 0.2) is 54.6 Å². The molecule has 1 heterocycles. The van der Waals surface area contributed by atoms with Gasteiger partial charge in [-0.1, -0.05) is 32.9 Å². The van der Waals surface area contributed by atoms with Crippen LogP contribution in [0.2, 0.25) is 0 Å². The highest BCUT2D eigenvalue weighted by Gasteiger charge is 2.19. The zero-order valence-corrected chi connectivity index (χ0v) is 20.7. The lowest BCUT2D eigenvalue weighted by atomic mass is 9.82. The second-order valence-electron chi connectivity index (χ2n) is 9.08. The molecule has 0 fully saturated rings. The zero-order valence-electron chi connectivity index (χ0n) is 20.7. The Labute approximate surface area is 201 Å². The van der Waals surface area contributed by atoms with Gasteiger partial charge < -0.3 is 19.3 Å². The summed E-state index contributed by atoms with van der Waals surface area (Å²) in [6.07, 6.45) is 0.993. The first-order chi connectivity index (χ1) is 16.1. The molecule has 0 saturated carbocycles. The first-order valence-corrected chi connectivity index (χ1v) is 11.5. The molecule has 6 heteroatoms. The van der Waals surface area contributed by atoms with Gasteiger partial charge in [0.1, 0.15) is 23.9 Å². The molecule has 0 atom stereocenters. The van der Waals surface area contributed by atoms with Gasteiger partial charge in [0.2, 0.25) is 0 Å². The van der Waals surface area contributed by atoms with E-state index in [4.69, 9.17) is 14.2 Å². The van der Waals surface area contributed by atoms with Crippen LogP contribution in [0.5, 0.6) is 17.2 Å². The van der Waals surface area contributed by atoms with Crippen molar-refractivity contribution < 1.29 is 24.1 Å². The minimum atomic E-state index is -1.05. The van der Waals surface area contributed by atoms with Crippen LogP contribution in [-0.2, 0) is 12.0 Å². The number of hydrogen-bond acceptors (Lipinski definition) is 5. The number of benzene rings is 2. The molecule has 0 radical (unpaired) electrons. The average Bonchev–Trinajstić information content (AvgIpc) is 2.82. The van der Waals surface area contributed by atoms with Crippen LogP contribution in [0.3, 0.4) is 0 Å². The molecule has 1 N–H and O–H groups in total. The molecule has 180 valence electrons. The van der Waals surface area contributed by atoms with E-state index in [1.54, 1.807) is 19.2 Å². The molecular weight excluding hydrogens is 430 g/mol. The summed E-state index contributed by atoms with van der Waals surface area (Å²) < 4.78 is 17.3. The van der Waals surface area contributed by atoms with Crippen LogP contribution >= 0.6 is 0 Å². The number of aromatic nitrogens is 1. The van der Waals surface area contributed by atoms with Gasteiger partial charge >= 0.3 is 5.97 Å². The maximum Gasteiger partial charge on any atom is 0.337 e. The van der Waals surface area contributed by atoms with Crippen LogP contribution in [-0.4, -0.2) is 29.3 Å². The molecule has 0 amide bonds. The highest BCUT2D eigenvalue weighted by Crippen LogP contribution is 2.34. The standard InChI is InChI=1S/C28H33NO5/c1-7-28(4,5)19-8-10-20(11-9-19)33-17-25-22(27(30)31)13-14-24(29-25)23-16-21(32-6)12-15-26(23)34-18(2)3/h8-16,18H,7,17H2,1-6H3,(H,30,31). The molecule has 0 aliphatic carbocycles. The number of nitrogens with zero attached hydrogens (tertiary/aromatic N) is 1. The number of carboxylic acid groups (broad SMARTS) is 1. The number of pyridine rings is 1. The van der Waals surface area contributed by atoms with Gasteiger partial charge in [-0.25, -0.2) is 9.78 Å². The number of aromatic carboxylic acids is 1. The van der Waals surface area contributed by atoms with E-state index in [0.29, 0.717) is 28.6 Å². The minimum Gasteiger partial charge on any atom is -0.497 e. The van der Waals surface area contributed by atoms with Crippen molar-refractivity contribution in [2.45, 2.75) is 59.2 Å². The highest BCUT2D eigenvalue weighted by molar-refractivity contribution is 5.89. The van der Waals surface area contributed by atoms with Crippen LogP contribution in [0.4, 0.5) is 0 Å². The minimum absolute atomic E-state index is 0.0241. The van der Waals surface area contributed by atoms with E-state index >= 15 is 0 Å². The molecule has 3 rings (SSSR count). The summed E-state index contributed by atoms with van der Waals surface area (Å²) in [6, 6.07) is 16.6. The van der Waals surface area contributed by atoms with Gasteiger partial charge in [-0.05, 0) is 73.7 Å². The van der Waals surface area contributed by atoms with E-state index in [1.165, 1.54) is 5.56 Å². The SMILES string of the molecule is CCC(C)(C)c1ccc(OCc2nc(-c3cc(OC)ccc3OC(C)C)ccc2C(=O)O)cc1. The lowest BCUT2D eigenvalue weighted by Gasteiger charge is -2.23. The Morgan fingerprint density at radius 1 is 1.03 bits per heavy atom. The molecule has 3 aromatic rings. The Hall–Kier alpha value is -3.54. The van der Waals surface area contributed by atoms with Gasteiger partial charge in [-0.15, -0.1) is 0 Å². The van der Waals surface area contributed by atoms with E-state index in [0.717, 1.165) is 12.0 Å². The van der Waals surface area contributed by atoms with Crippen molar-refractivity contribution in [1.29, 1.82) is 0 Å². The topological polar surface area (TPSA) is 77.9 Å². The molecule has 0 spiro atoms. The Morgan fingerprint density at radius 3 is 2.29 bits per heavy atom. The van der Waals surface area contributed by atoms with Gasteiger partial charge in [0.25, 0.3) is 0 Å². The number of ether oxygens (including phenoxy) is 3. The van der Waals surface area contributed by atoms with E-state index in [1.807, 2.05) is 56.3 Å². The van der Waals surface area contributed by atoms with Gasteiger partial charge in [-0.3, -0.25) is 0 Å². The number of carboxylic acids is 1. The number of methoxy groups -OCH3 is 1. The number of rotatable bonds is 10. The summed E-state index contributed by atoms with van der Waals surface area (Å²) in [5.41, 5.74) is 3.04. The summed E-state index contributed by atoms with van der Waals surface area (Å²) in [7, 11) is 1.59. The third kappa shape index (κ3) is 5.87. The lowest BCUT2D eigenvalue weighted by molar-refractivity contribution is 0.0693. The fourth-order valence-electron chi connectivity index (χ4n) is 3.51. The first-order valence-electron chi connectivity index (χ1n) is 11.5. The highest BCUT2D eigenvalue weighted by atomic mass is 16.5. The monoisotopic (exact) mass is 463 g/mol. The number of hydrogen-bond donors (Lipinski definition) is 1. The van der Waals surface area contributed by atoms with Gasteiger partial charge in [0, 0.05) is 5.56 Å². The predicted molar refractivity (Wildman–Crippen MR) is 133 cm³/mol. The Kier molecular flexibility index (Phi) is 7.82. The van der Waals surface area contributed by atoms with Crippen molar-refractivity contribution in [3.05, 3.63) is 71.4 Å². The molecule has 0 aliphatic rings. The quantitative estimate of drug-likeness (QED) is 0.369. The molecule has 0 aliphatic heterocycles. The van der Waals surface area contributed by atoms with Crippen molar-refractivity contribution >= 4 is 5.97 Å². The lowest BCUT2D eigenvalue weighted by Crippen LogP contribution is -2.15. The molecule has 0 unspecified atom stereocenters. The summed E-state index contributed by atoms with van der Waals surface area (Å²) in [4.78, 5) is 16.5. The van der Waals surface area contributed by atoms with E-state index in [2.05, 4.69) is 25.8 Å². The smallest absolute Gasteiger partial charge is 0.337 e. The maximum atomic E-state index is 11.8. The predicted octanol–water partition coefficient (Wildman–Crippen LogP) is 6.51. The van der Waals surface area contributed by atoms with Crippen LogP contribution in [0.1, 0.15) is 62.7 Å². The van der Waals surface area contributed by atoms with Crippen molar-refractivity contribution in [2.75, 3.05) is 7.11 Å². The Balaban J connectivity index is 1.93. The van der Waals surface area contributed by atoms with E-state index < -0.39 is 5.97 Å². The molecular formula is C28H33NO5. The average molecular weight is 464 g/mol. The molecule has 34 heavy (non-hydrogen) atoms. The summed E-state index contributed by atoms with van der Waals surface area (Å²) >= 11 is 0. The Morgan fingerprint density at radius 2 is 1.71 bits per heavy atom. The van der Waals surface area contributed by atoms with Gasteiger partial charge in [0.15, 0.2) is 0 Å². The van der Waals surface area contributed by atoms with Crippen molar-refractivity contribution in [2.24, 2.45) is 0 Å². The molecule has 0 saturated heterocycles. The molecule has 1 aromatic heterocycles. The largest absolute Gasteiger partial charge is 0.497 e. The van der Waals surface area contributed by atoms with Gasteiger partial charge in [0.05, 0.1) is 30.2 Å². The molecule has 2 aromatic carbocycles. The normalized spacial score (nSPS) is 11.4. The molecule has 6 nitrogen and oxygen atoms in total.